The Hall–Kier alpha value is -2.01. The maximum absolute atomic E-state index is 6.16. The smallest absolute Gasteiger partial charge is 0.0991 e. The van der Waals surface area contributed by atoms with E-state index in [1.807, 2.05) is 29.2 Å². The lowest BCUT2D eigenvalue weighted by Crippen LogP contribution is -2.53. The van der Waals surface area contributed by atoms with E-state index in [1.165, 1.54) is 25.9 Å². The second-order valence-corrected chi connectivity index (χ2v) is 6.13. The summed E-state index contributed by atoms with van der Waals surface area (Å²) in [6.07, 6.45) is 8.15. The molecule has 1 aromatic heterocycles. The first kappa shape index (κ1) is 12.7. The Kier molecular flexibility index (Phi) is 3.07. The molecular weight excluding hydrogens is 262 g/mol. The molecule has 1 aromatic carbocycles. The first-order valence-corrected chi connectivity index (χ1v) is 7.66. The van der Waals surface area contributed by atoms with Crippen molar-refractivity contribution in [2.45, 2.75) is 18.9 Å². The molecule has 3 saturated heterocycles. The first-order valence-electron chi connectivity index (χ1n) is 7.66. The van der Waals surface area contributed by atoms with Crippen LogP contribution in [-0.4, -0.2) is 40.1 Å². The monoisotopic (exact) mass is 283 g/mol. The summed E-state index contributed by atoms with van der Waals surface area (Å²) in [6, 6.07) is 6.64. The SMILES string of the molecule is Nc1ccc(-n2ccnc2)cc1NC1CN2CCC1CC2. The molecule has 110 valence electrons. The Morgan fingerprint density at radius 2 is 2.10 bits per heavy atom. The zero-order valence-electron chi connectivity index (χ0n) is 12.1. The lowest BCUT2D eigenvalue weighted by atomic mass is 9.84. The van der Waals surface area contributed by atoms with Gasteiger partial charge in [-0.1, -0.05) is 0 Å². The maximum atomic E-state index is 6.16. The summed E-state index contributed by atoms with van der Waals surface area (Å²) < 4.78 is 2.00. The third kappa shape index (κ3) is 2.38. The summed E-state index contributed by atoms with van der Waals surface area (Å²) in [4.78, 5) is 6.65. The minimum Gasteiger partial charge on any atom is -0.397 e. The van der Waals surface area contributed by atoms with Crippen molar-refractivity contribution in [2.24, 2.45) is 5.92 Å². The number of nitrogens with zero attached hydrogens (tertiary/aromatic N) is 3. The number of piperidine rings is 3. The number of imidazole rings is 1. The van der Waals surface area contributed by atoms with Gasteiger partial charge in [-0.25, -0.2) is 4.98 Å². The molecule has 5 rings (SSSR count). The van der Waals surface area contributed by atoms with Gasteiger partial charge in [0, 0.05) is 30.7 Å². The fourth-order valence-electron chi connectivity index (χ4n) is 3.57. The van der Waals surface area contributed by atoms with Gasteiger partial charge in [0.15, 0.2) is 0 Å². The second-order valence-electron chi connectivity index (χ2n) is 6.13. The summed E-state index contributed by atoms with van der Waals surface area (Å²) in [6.45, 7) is 3.65. The average molecular weight is 283 g/mol. The maximum Gasteiger partial charge on any atom is 0.0991 e. The summed E-state index contributed by atoms with van der Waals surface area (Å²) in [5.41, 5.74) is 9.10. The van der Waals surface area contributed by atoms with Gasteiger partial charge in [0.1, 0.15) is 0 Å². The molecule has 1 atom stereocenters. The van der Waals surface area contributed by atoms with Crippen LogP contribution in [0.4, 0.5) is 11.4 Å². The minimum atomic E-state index is 0.521. The van der Waals surface area contributed by atoms with Crippen LogP contribution in [0.5, 0.6) is 0 Å². The zero-order valence-corrected chi connectivity index (χ0v) is 12.1. The van der Waals surface area contributed by atoms with Crippen molar-refractivity contribution in [3.8, 4) is 5.69 Å². The molecule has 0 amide bonds. The normalized spacial score (nSPS) is 27.7. The van der Waals surface area contributed by atoms with E-state index in [4.69, 9.17) is 5.73 Å². The number of nitrogens with one attached hydrogen (secondary N) is 1. The van der Waals surface area contributed by atoms with E-state index in [1.54, 1.807) is 6.20 Å². The van der Waals surface area contributed by atoms with Crippen molar-refractivity contribution in [1.82, 2.24) is 14.5 Å². The average Bonchev–Trinajstić information content (AvgIpc) is 3.05. The molecule has 21 heavy (non-hydrogen) atoms. The summed E-state index contributed by atoms with van der Waals surface area (Å²) >= 11 is 0. The van der Waals surface area contributed by atoms with Crippen LogP contribution >= 0.6 is 0 Å². The van der Waals surface area contributed by atoms with Crippen molar-refractivity contribution in [1.29, 1.82) is 0 Å². The number of hydrogen-bond acceptors (Lipinski definition) is 4. The highest BCUT2D eigenvalue weighted by Crippen LogP contribution is 2.31. The van der Waals surface area contributed by atoms with Crippen LogP contribution in [0.25, 0.3) is 5.69 Å². The van der Waals surface area contributed by atoms with Crippen molar-refractivity contribution < 1.29 is 0 Å². The molecule has 2 aromatic rings. The molecular formula is C16H21N5. The Bertz CT molecular complexity index is 614. The van der Waals surface area contributed by atoms with Gasteiger partial charge in [0.2, 0.25) is 0 Å². The third-order valence-corrected chi connectivity index (χ3v) is 4.84. The Balaban J connectivity index is 1.58. The summed E-state index contributed by atoms with van der Waals surface area (Å²) in [5, 5.41) is 3.68. The number of hydrogen-bond donors (Lipinski definition) is 2. The second kappa shape index (κ2) is 5.07. The molecule has 3 N–H and O–H groups in total. The molecule has 3 aliphatic rings. The molecule has 3 fully saturated rings. The first-order chi connectivity index (χ1) is 10.3. The fourth-order valence-corrected chi connectivity index (χ4v) is 3.57. The van der Waals surface area contributed by atoms with E-state index < -0.39 is 0 Å². The number of nitrogen functional groups attached to an aromatic ring is 1. The quantitative estimate of drug-likeness (QED) is 0.846. The highest BCUT2D eigenvalue weighted by Gasteiger charge is 2.34. The van der Waals surface area contributed by atoms with E-state index in [9.17, 15) is 0 Å². The van der Waals surface area contributed by atoms with Crippen LogP contribution in [0.2, 0.25) is 0 Å². The minimum absolute atomic E-state index is 0.521. The van der Waals surface area contributed by atoms with Crippen LogP contribution in [0.15, 0.2) is 36.9 Å². The molecule has 5 heteroatoms. The number of anilines is 2. The molecule has 1 unspecified atom stereocenters. The number of aromatic nitrogens is 2. The van der Waals surface area contributed by atoms with Gasteiger partial charge in [-0.05, 0) is 50.0 Å². The molecule has 3 aliphatic heterocycles. The summed E-state index contributed by atoms with van der Waals surface area (Å²) in [7, 11) is 0. The van der Waals surface area contributed by atoms with Gasteiger partial charge >= 0.3 is 0 Å². The zero-order chi connectivity index (χ0) is 14.2. The van der Waals surface area contributed by atoms with Gasteiger partial charge in [0.05, 0.1) is 17.7 Å². The van der Waals surface area contributed by atoms with Gasteiger partial charge in [-0.15, -0.1) is 0 Å². The molecule has 0 aliphatic carbocycles. The third-order valence-electron chi connectivity index (χ3n) is 4.84. The highest BCUT2D eigenvalue weighted by molar-refractivity contribution is 5.69. The number of fused-ring (bicyclic) bond motifs is 3. The number of benzene rings is 1. The van der Waals surface area contributed by atoms with Crippen LogP contribution in [0.3, 0.4) is 0 Å². The van der Waals surface area contributed by atoms with E-state index in [-0.39, 0.29) is 0 Å². The predicted molar refractivity (Wildman–Crippen MR) is 84.6 cm³/mol. The van der Waals surface area contributed by atoms with Crippen LogP contribution in [0.1, 0.15) is 12.8 Å². The van der Waals surface area contributed by atoms with Crippen molar-refractivity contribution in [2.75, 3.05) is 30.7 Å². The van der Waals surface area contributed by atoms with E-state index >= 15 is 0 Å². The van der Waals surface area contributed by atoms with Crippen LogP contribution < -0.4 is 11.1 Å². The molecule has 0 saturated carbocycles. The van der Waals surface area contributed by atoms with Crippen LogP contribution in [0, 0.1) is 5.92 Å². The number of nitrogens with two attached hydrogens (primary N) is 1. The van der Waals surface area contributed by atoms with E-state index in [2.05, 4.69) is 21.3 Å². The van der Waals surface area contributed by atoms with Gasteiger partial charge in [-0.3, -0.25) is 0 Å². The predicted octanol–water partition coefficient (Wildman–Crippen LogP) is 1.96. The Labute approximate surface area is 124 Å². The lowest BCUT2D eigenvalue weighted by molar-refractivity contribution is 0.0975. The van der Waals surface area contributed by atoms with Crippen molar-refractivity contribution in [3.63, 3.8) is 0 Å². The molecule has 2 bridgehead atoms. The topological polar surface area (TPSA) is 59.1 Å². The van der Waals surface area contributed by atoms with Gasteiger partial charge in [0.25, 0.3) is 0 Å². The molecule has 0 spiro atoms. The lowest BCUT2D eigenvalue weighted by Gasteiger charge is -2.45. The van der Waals surface area contributed by atoms with Crippen molar-refractivity contribution >= 4 is 11.4 Å². The standard InChI is InChI=1S/C16H21N5/c17-14-2-1-13(21-8-5-18-11-21)9-15(14)19-16-10-20-6-3-12(16)4-7-20/h1-2,5,8-9,11-12,16,19H,3-4,6-7,10,17H2. The van der Waals surface area contributed by atoms with Crippen LogP contribution in [-0.2, 0) is 0 Å². The fraction of sp³-hybridized carbons (Fsp3) is 0.438. The Morgan fingerprint density at radius 3 is 2.76 bits per heavy atom. The van der Waals surface area contributed by atoms with Gasteiger partial charge < -0.3 is 20.5 Å². The van der Waals surface area contributed by atoms with Crippen molar-refractivity contribution in [3.05, 3.63) is 36.9 Å². The Morgan fingerprint density at radius 1 is 1.24 bits per heavy atom. The molecule has 4 heterocycles. The van der Waals surface area contributed by atoms with E-state index in [0.717, 1.165) is 29.5 Å². The highest BCUT2D eigenvalue weighted by atomic mass is 15.2. The summed E-state index contributed by atoms with van der Waals surface area (Å²) in [5.74, 6) is 0.784. The number of rotatable bonds is 3. The van der Waals surface area contributed by atoms with E-state index in [0.29, 0.717) is 6.04 Å². The molecule has 0 radical (unpaired) electrons. The molecule has 5 nitrogen and oxygen atoms in total. The van der Waals surface area contributed by atoms with Gasteiger partial charge in [-0.2, -0.15) is 0 Å². The largest absolute Gasteiger partial charge is 0.397 e.